The second-order valence-electron chi connectivity index (χ2n) is 7.68. The number of carbonyl (C=O) groups is 3. The Balaban J connectivity index is 1.31. The average Bonchev–Trinajstić information content (AvgIpc) is 3.37. The number of carbonyl (C=O) groups excluding carboxylic acids is 3. The lowest BCUT2D eigenvalue weighted by Crippen LogP contribution is -2.49. The van der Waals surface area contributed by atoms with Gasteiger partial charge in [-0.25, -0.2) is 4.79 Å². The quantitative estimate of drug-likeness (QED) is 0.519. The van der Waals surface area contributed by atoms with Crippen LogP contribution in [-0.4, -0.2) is 43.5 Å². The van der Waals surface area contributed by atoms with Gasteiger partial charge in [0.1, 0.15) is 5.54 Å². The van der Waals surface area contributed by atoms with Crippen molar-refractivity contribution in [1.82, 2.24) is 30.9 Å². The van der Waals surface area contributed by atoms with E-state index in [1.807, 2.05) is 30.3 Å². The first-order valence-corrected chi connectivity index (χ1v) is 10.2. The molecule has 0 spiro atoms. The van der Waals surface area contributed by atoms with E-state index in [1.165, 1.54) is 0 Å². The maximum Gasteiger partial charge on any atom is 0.344 e. The predicted molar refractivity (Wildman–Crippen MR) is 113 cm³/mol. The lowest BCUT2D eigenvalue weighted by molar-refractivity contribution is -0.138. The van der Waals surface area contributed by atoms with Crippen LogP contribution in [0.1, 0.15) is 31.2 Å². The van der Waals surface area contributed by atoms with E-state index in [-0.39, 0.29) is 18.7 Å². The van der Waals surface area contributed by atoms with E-state index in [2.05, 4.69) is 25.9 Å². The molecule has 1 fully saturated rings. The molecule has 3 aromatic rings. The number of benzene rings is 1. The van der Waals surface area contributed by atoms with E-state index >= 15 is 0 Å². The molecule has 10 heteroatoms. The highest BCUT2D eigenvalue weighted by atomic mass is 16.5. The lowest BCUT2D eigenvalue weighted by atomic mass is 9.93. The number of urea groups is 1. The zero-order valence-electron chi connectivity index (χ0n) is 17.4. The number of pyridine rings is 1. The van der Waals surface area contributed by atoms with Gasteiger partial charge in [-0.2, -0.15) is 9.99 Å². The molecule has 4 rings (SSSR count). The van der Waals surface area contributed by atoms with Crippen LogP contribution in [0.5, 0.6) is 0 Å². The molecule has 0 radical (unpaired) electrons. The molecule has 2 N–H and O–H groups in total. The van der Waals surface area contributed by atoms with Gasteiger partial charge in [0.05, 0.1) is 0 Å². The highest BCUT2D eigenvalue weighted by Crippen LogP contribution is 2.22. The minimum absolute atomic E-state index is 0.0353. The summed E-state index contributed by atoms with van der Waals surface area (Å²) < 4.78 is 5.16. The molecule has 0 saturated carbocycles. The topological polar surface area (TPSA) is 130 Å². The molecule has 1 saturated heterocycles. The standard InChI is InChI=1S/C22H22N6O4/c1-22(12-11-15-6-3-2-4-7-15)20(30)28(21(31)25-22)26-17(29)9-10-18-24-19(27-32-18)16-8-5-13-23-14-16/h2-8,13-14H,9-12H2,1H3,(H,25,31)(H,26,29). The maximum absolute atomic E-state index is 12.8. The SMILES string of the molecule is CC1(CCc2ccccc2)NC(=O)N(NC(=O)CCc2nc(-c3cccnc3)no2)C1=O. The number of rotatable bonds is 8. The van der Waals surface area contributed by atoms with Gasteiger partial charge in [-0.15, -0.1) is 0 Å². The summed E-state index contributed by atoms with van der Waals surface area (Å²) in [6.07, 6.45) is 4.39. The molecule has 164 valence electrons. The molecule has 4 amide bonds. The van der Waals surface area contributed by atoms with Gasteiger partial charge in [-0.3, -0.25) is 20.0 Å². The molecule has 0 aliphatic carbocycles. The molecule has 3 heterocycles. The minimum atomic E-state index is -1.09. The van der Waals surface area contributed by atoms with E-state index < -0.39 is 23.4 Å². The number of hydrazine groups is 1. The zero-order valence-corrected chi connectivity index (χ0v) is 17.4. The van der Waals surface area contributed by atoms with Gasteiger partial charge in [0.2, 0.25) is 17.6 Å². The third-order valence-corrected chi connectivity index (χ3v) is 5.21. The highest BCUT2D eigenvalue weighted by Gasteiger charge is 2.48. The fourth-order valence-corrected chi connectivity index (χ4v) is 3.36. The van der Waals surface area contributed by atoms with Crippen molar-refractivity contribution in [2.45, 2.75) is 38.1 Å². The van der Waals surface area contributed by atoms with E-state index in [4.69, 9.17) is 4.52 Å². The van der Waals surface area contributed by atoms with Gasteiger partial charge in [-0.1, -0.05) is 35.5 Å². The van der Waals surface area contributed by atoms with E-state index in [1.54, 1.807) is 31.5 Å². The summed E-state index contributed by atoms with van der Waals surface area (Å²) in [5.41, 5.74) is 3.04. The van der Waals surface area contributed by atoms with Crippen molar-refractivity contribution >= 4 is 17.8 Å². The Bertz CT molecular complexity index is 1120. The summed E-state index contributed by atoms with van der Waals surface area (Å²) in [5.74, 6) is -0.369. The summed E-state index contributed by atoms with van der Waals surface area (Å²) in [7, 11) is 0. The molecule has 32 heavy (non-hydrogen) atoms. The van der Waals surface area contributed by atoms with Crippen LogP contribution in [0.3, 0.4) is 0 Å². The van der Waals surface area contributed by atoms with Crippen molar-refractivity contribution in [1.29, 1.82) is 0 Å². The second kappa shape index (κ2) is 8.96. The summed E-state index contributed by atoms with van der Waals surface area (Å²) in [5, 5.41) is 7.29. The maximum atomic E-state index is 12.8. The van der Waals surface area contributed by atoms with Crippen molar-refractivity contribution in [2.24, 2.45) is 0 Å². The summed E-state index contributed by atoms with van der Waals surface area (Å²) in [4.78, 5) is 45.7. The van der Waals surface area contributed by atoms with Crippen LogP contribution in [0.2, 0.25) is 0 Å². The first-order valence-electron chi connectivity index (χ1n) is 10.2. The molecule has 1 unspecified atom stereocenters. The molecular weight excluding hydrogens is 412 g/mol. The van der Waals surface area contributed by atoms with E-state index in [9.17, 15) is 14.4 Å². The molecule has 1 atom stereocenters. The second-order valence-corrected chi connectivity index (χ2v) is 7.68. The van der Waals surface area contributed by atoms with Gasteiger partial charge < -0.3 is 9.84 Å². The van der Waals surface area contributed by atoms with Gasteiger partial charge in [0.15, 0.2) is 0 Å². The van der Waals surface area contributed by atoms with E-state index in [0.717, 1.165) is 10.6 Å². The number of aryl methyl sites for hydroxylation is 2. The monoisotopic (exact) mass is 434 g/mol. The number of aromatic nitrogens is 3. The van der Waals surface area contributed by atoms with Crippen molar-refractivity contribution in [2.75, 3.05) is 0 Å². The van der Waals surface area contributed by atoms with Gasteiger partial charge in [0, 0.05) is 30.8 Å². The fourth-order valence-electron chi connectivity index (χ4n) is 3.36. The highest BCUT2D eigenvalue weighted by molar-refractivity contribution is 6.07. The van der Waals surface area contributed by atoms with Crippen molar-refractivity contribution in [3.05, 3.63) is 66.3 Å². The van der Waals surface area contributed by atoms with Gasteiger partial charge >= 0.3 is 6.03 Å². The largest absolute Gasteiger partial charge is 0.344 e. The molecular formula is C22H22N6O4. The van der Waals surface area contributed by atoms with Crippen molar-refractivity contribution in [3.8, 4) is 11.4 Å². The normalized spacial score (nSPS) is 18.0. The Morgan fingerprint density at radius 3 is 2.72 bits per heavy atom. The average molecular weight is 434 g/mol. The molecule has 1 aromatic carbocycles. The van der Waals surface area contributed by atoms with Crippen molar-refractivity contribution < 1.29 is 18.9 Å². The third-order valence-electron chi connectivity index (χ3n) is 5.21. The number of nitrogens with one attached hydrogen (secondary N) is 2. The van der Waals surface area contributed by atoms with Crippen LogP contribution in [0, 0.1) is 0 Å². The van der Waals surface area contributed by atoms with Gasteiger partial charge in [0.25, 0.3) is 5.91 Å². The third kappa shape index (κ3) is 4.64. The summed E-state index contributed by atoms with van der Waals surface area (Å²) >= 11 is 0. The van der Waals surface area contributed by atoms with Crippen LogP contribution in [0.25, 0.3) is 11.4 Å². The first-order chi connectivity index (χ1) is 15.4. The molecule has 1 aliphatic heterocycles. The first kappa shape index (κ1) is 21.2. The molecule has 2 aromatic heterocycles. The summed E-state index contributed by atoms with van der Waals surface area (Å²) in [6, 6.07) is 12.6. The number of hydrogen-bond donors (Lipinski definition) is 2. The molecule has 1 aliphatic rings. The van der Waals surface area contributed by atoms with E-state index in [0.29, 0.717) is 24.2 Å². The smallest absolute Gasteiger partial charge is 0.339 e. The van der Waals surface area contributed by atoms with Crippen LogP contribution in [0.15, 0.2) is 59.4 Å². The minimum Gasteiger partial charge on any atom is -0.339 e. The Morgan fingerprint density at radius 1 is 1.16 bits per heavy atom. The van der Waals surface area contributed by atoms with Crippen LogP contribution >= 0.6 is 0 Å². The number of nitrogens with zero attached hydrogens (tertiary/aromatic N) is 4. The predicted octanol–water partition coefficient (Wildman–Crippen LogP) is 2.04. The Morgan fingerprint density at radius 2 is 1.97 bits per heavy atom. The van der Waals surface area contributed by atoms with Gasteiger partial charge in [-0.05, 0) is 37.5 Å². The van der Waals surface area contributed by atoms with Crippen molar-refractivity contribution in [3.63, 3.8) is 0 Å². The lowest BCUT2D eigenvalue weighted by Gasteiger charge is -2.21. The Labute approximate surface area is 184 Å². The van der Waals surface area contributed by atoms with Crippen LogP contribution in [0.4, 0.5) is 4.79 Å². The molecule has 0 bridgehead atoms. The number of imide groups is 1. The van der Waals surface area contributed by atoms with Crippen LogP contribution in [-0.2, 0) is 22.4 Å². The number of amides is 4. The fraction of sp³-hybridized carbons (Fsp3) is 0.273. The van der Waals surface area contributed by atoms with Crippen LogP contribution < -0.4 is 10.7 Å². The molecule has 10 nitrogen and oxygen atoms in total. The number of hydrogen-bond acceptors (Lipinski definition) is 7. The summed E-state index contributed by atoms with van der Waals surface area (Å²) in [6.45, 7) is 1.65. The Kier molecular flexibility index (Phi) is 5.93. The zero-order chi connectivity index (χ0) is 22.6. The Hall–Kier alpha value is -4.08.